The second-order valence-electron chi connectivity index (χ2n) is 4.10. The zero-order valence-corrected chi connectivity index (χ0v) is 11.0. The van der Waals surface area contributed by atoms with Crippen LogP contribution in [-0.4, -0.2) is 23.1 Å². The van der Waals surface area contributed by atoms with E-state index in [1.807, 2.05) is 0 Å². The summed E-state index contributed by atoms with van der Waals surface area (Å²) in [6.45, 7) is 0.205. The van der Waals surface area contributed by atoms with Gasteiger partial charge in [0.1, 0.15) is 12.0 Å². The molecule has 1 aromatic heterocycles. The molecule has 0 amide bonds. The molecule has 0 bridgehead atoms. The minimum atomic E-state index is -1.08. The van der Waals surface area contributed by atoms with Crippen LogP contribution in [0.4, 0.5) is 11.4 Å². The first-order chi connectivity index (χ1) is 10.0. The van der Waals surface area contributed by atoms with Gasteiger partial charge in [-0.15, -0.1) is 0 Å². The van der Waals surface area contributed by atoms with Gasteiger partial charge in [0, 0.05) is 11.8 Å². The highest BCUT2D eigenvalue weighted by atomic mass is 16.6. The Balaban J connectivity index is 2.10. The lowest BCUT2D eigenvalue weighted by Gasteiger charge is -2.06. The van der Waals surface area contributed by atoms with Crippen LogP contribution in [0.25, 0.3) is 0 Å². The van der Waals surface area contributed by atoms with Crippen LogP contribution in [0.3, 0.4) is 0 Å². The molecular formula is C13H12N2O6. The number of nitro groups is 1. The molecule has 2 N–H and O–H groups in total. The molecule has 0 unspecified atom stereocenters. The van der Waals surface area contributed by atoms with E-state index >= 15 is 0 Å². The van der Waals surface area contributed by atoms with E-state index in [1.165, 1.54) is 25.3 Å². The lowest BCUT2D eigenvalue weighted by molar-refractivity contribution is -0.385. The summed E-state index contributed by atoms with van der Waals surface area (Å²) in [6, 6.07) is 5.81. The fourth-order valence-electron chi connectivity index (χ4n) is 1.72. The van der Waals surface area contributed by atoms with E-state index in [2.05, 4.69) is 5.32 Å². The number of nitrogens with zero attached hydrogens (tertiary/aromatic N) is 1. The SMILES string of the molecule is COc1ccc(NCc2cc(C(=O)O)co2)cc1[N+](=O)[O-]. The van der Waals surface area contributed by atoms with E-state index in [9.17, 15) is 14.9 Å². The fraction of sp³-hybridized carbons (Fsp3) is 0.154. The summed E-state index contributed by atoms with van der Waals surface area (Å²) >= 11 is 0. The smallest absolute Gasteiger partial charge is 0.338 e. The third-order valence-electron chi connectivity index (χ3n) is 2.74. The van der Waals surface area contributed by atoms with Gasteiger partial charge in [-0.05, 0) is 18.2 Å². The van der Waals surface area contributed by atoms with Gasteiger partial charge in [-0.2, -0.15) is 0 Å². The molecule has 1 aromatic carbocycles. The number of nitro benzene ring substituents is 1. The predicted molar refractivity (Wildman–Crippen MR) is 72.6 cm³/mol. The molecule has 0 fully saturated rings. The van der Waals surface area contributed by atoms with Gasteiger partial charge in [-0.25, -0.2) is 4.79 Å². The molecule has 2 rings (SSSR count). The molecule has 8 heteroatoms. The molecule has 2 aromatic rings. The van der Waals surface area contributed by atoms with Gasteiger partial charge in [0.05, 0.1) is 24.1 Å². The monoisotopic (exact) mass is 292 g/mol. The number of rotatable bonds is 6. The van der Waals surface area contributed by atoms with Crippen molar-refractivity contribution in [2.24, 2.45) is 0 Å². The normalized spacial score (nSPS) is 10.1. The number of furan rings is 1. The first-order valence-electron chi connectivity index (χ1n) is 5.88. The first-order valence-corrected chi connectivity index (χ1v) is 5.88. The van der Waals surface area contributed by atoms with Gasteiger partial charge in [0.25, 0.3) is 0 Å². The van der Waals surface area contributed by atoms with Crippen molar-refractivity contribution in [3.05, 3.63) is 52.0 Å². The molecule has 0 aliphatic rings. The van der Waals surface area contributed by atoms with Crippen molar-refractivity contribution in [3.8, 4) is 5.75 Å². The molecule has 0 saturated carbocycles. The number of hydrogen-bond acceptors (Lipinski definition) is 6. The third-order valence-corrected chi connectivity index (χ3v) is 2.74. The quantitative estimate of drug-likeness (QED) is 0.620. The van der Waals surface area contributed by atoms with Crippen molar-refractivity contribution in [2.75, 3.05) is 12.4 Å². The molecule has 21 heavy (non-hydrogen) atoms. The molecule has 8 nitrogen and oxygen atoms in total. The Labute approximate surface area is 119 Å². The van der Waals surface area contributed by atoms with E-state index in [1.54, 1.807) is 6.07 Å². The minimum Gasteiger partial charge on any atom is -0.490 e. The summed E-state index contributed by atoms with van der Waals surface area (Å²) in [7, 11) is 1.35. The maximum atomic E-state index is 10.9. The van der Waals surface area contributed by atoms with E-state index < -0.39 is 10.9 Å². The van der Waals surface area contributed by atoms with Crippen LogP contribution in [0.5, 0.6) is 5.75 Å². The molecule has 0 aliphatic carbocycles. The summed E-state index contributed by atoms with van der Waals surface area (Å²) in [5.74, 6) is -0.507. The average molecular weight is 292 g/mol. The van der Waals surface area contributed by atoms with E-state index in [4.69, 9.17) is 14.3 Å². The Kier molecular flexibility index (Phi) is 4.07. The number of hydrogen-bond donors (Lipinski definition) is 2. The Morgan fingerprint density at radius 1 is 1.48 bits per heavy atom. The van der Waals surface area contributed by atoms with Gasteiger partial charge in [0.15, 0.2) is 5.75 Å². The zero-order chi connectivity index (χ0) is 15.4. The van der Waals surface area contributed by atoms with Crippen LogP contribution in [0, 0.1) is 10.1 Å². The van der Waals surface area contributed by atoms with Crippen molar-refractivity contribution in [3.63, 3.8) is 0 Å². The third kappa shape index (κ3) is 3.30. The molecule has 0 spiro atoms. The Bertz CT molecular complexity index is 679. The van der Waals surface area contributed by atoms with Crippen molar-refractivity contribution >= 4 is 17.3 Å². The molecule has 0 saturated heterocycles. The molecular weight excluding hydrogens is 280 g/mol. The lowest BCUT2D eigenvalue weighted by Crippen LogP contribution is -2.00. The highest BCUT2D eigenvalue weighted by molar-refractivity contribution is 5.87. The predicted octanol–water partition coefficient (Wildman–Crippen LogP) is 2.51. The summed E-state index contributed by atoms with van der Waals surface area (Å²) in [4.78, 5) is 21.1. The first kappa shape index (κ1) is 14.4. The van der Waals surface area contributed by atoms with Crippen LogP contribution in [-0.2, 0) is 6.54 Å². The number of nitrogens with one attached hydrogen (secondary N) is 1. The van der Waals surface area contributed by atoms with Crippen LogP contribution < -0.4 is 10.1 Å². The van der Waals surface area contributed by atoms with Crippen LogP contribution in [0.2, 0.25) is 0 Å². The maximum Gasteiger partial charge on any atom is 0.338 e. The van der Waals surface area contributed by atoms with Crippen molar-refractivity contribution in [1.82, 2.24) is 0 Å². The maximum absolute atomic E-state index is 10.9. The summed E-state index contributed by atoms with van der Waals surface area (Å²) in [5.41, 5.74) is 0.386. The minimum absolute atomic E-state index is 0.0486. The van der Waals surface area contributed by atoms with Crippen molar-refractivity contribution < 1.29 is 24.0 Å². The number of carboxylic acid groups (broad SMARTS) is 1. The zero-order valence-electron chi connectivity index (χ0n) is 11.0. The molecule has 0 radical (unpaired) electrons. The van der Waals surface area contributed by atoms with E-state index in [0.717, 1.165) is 6.26 Å². The van der Waals surface area contributed by atoms with Gasteiger partial charge < -0.3 is 19.6 Å². The molecule has 0 aliphatic heterocycles. The average Bonchev–Trinajstić information content (AvgIpc) is 2.94. The summed E-state index contributed by atoms with van der Waals surface area (Å²) < 4.78 is 9.97. The second kappa shape index (κ2) is 5.95. The summed E-state index contributed by atoms with van der Waals surface area (Å²) in [6.07, 6.45) is 1.13. The van der Waals surface area contributed by atoms with E-state index in [0.29, 0.717) is 11.4 Å². The number of aromatic carboxylic acids is 1. The van der Waals surface area contributed by atoms with Gasteiger partial charge in [-0.3, -0.25) is 10.1 Å². The van der Waals surface area contributed by atoms with Gasteiger partial charge in [0.2, 0.25) is 0 Å². The molecule has 110 valence electrons. The Morgan fingerprint density at radius 3 is 2.81 bits per heavy atom. The largest absolute Gasteiger partial charge is 0.490 e. The van der Waals surface area contributed by atoms with Crippen molar-refractivity contribution in [1.29, 1.82) is 0 Å². The lowest BCUT2D eigenvalue weighted by atomic mass is 10.2. The van der Waals surface area contributed by atoms with Crippen LogP contribution >= 0.6 is 0 Å². The molecule has 1 heterocycles. The number of methoxy groups -OCH3 is 1. The van der Waals surface area contributed by atoms with Gasteiger partial charge >= 0.3 is 11.7 Å². The summed E-state index contributed by atoms with van der Waals surface area (Å²) in [5, 5.41) is 22.6. The molecule has 0 atom stereocenters. The highest BCUT2D eigenvalue weighted by Gasteiger charge is 2.15. The number of carbonyl (C=O) groups is 1. The standard InChI is InChI=1S/C13H12N2O6/c1-20-12-3-2-9(5-11(12)15(18)19)14-6-10-4-8(7-21-10)13(16)17/h2-5,7,14H,6H2,1H3,(H,16,17). The topological polar surface area (TPSA) is 115 Å². The van der Waals surface area contributed by atoms with Crippen molar-refractivity contribution in [2.45, 2.75) is 6.54 Å². The number of benzene rings is 1. The number of ether oxygens (including phenoxy) is 1. The Morgan fingerprint density at radius 2 is 2.24 bits per heavy atom. The van der Waals surface area contributed by atoms with Crippen LogP contribution in [0.1, 0.15) is 16.1 Å². The fourth-order valence-corrected chi connectivity index (χ4v) is 1.72. The van der Waals surface area contributed by atoms with Crippen LogP contribution in [0.15, 0.2) is 34.9 Å². The van der Waals surface area contributed by atoms with E-state index in [-0.39, 0.29) is 23.5 Å². The number of carboxylic acids is 1. The Hall–Kier alpha value is -3.03. The second-order valence-corrected chi connectivity index (χ2v) is 4.10. The highest BCUT2D eigenvalue weighted by Crippen LogP contribution is 2.29. The van der Waals surface area contributed by atoms with Gasteiger partial charge in [-0.1, -0.05) is 0 Å². The number of anilines is 1.